The topological polar surface area (TPSA) is 92.9 Å². The summed E-state index contributed by atoms with van der Waals surface area (Å²) in [4.78, 5) is 0. The highest BCUT2D eigenvalue weighted by atomic mass is 32.2. The van der Waals surface area contributed by atoms with E-state index in [9.17, 15) is 8.42 Å². The van der Waals surface area contributed by atoms with Gasteiger partial charge >= 0.3 is 0 Å². The predicted octanol–water partition coefficient (Wildman–Crippen LogP) is -0.226. The standard InChI is InChI=1S/C11H26N2O4S/c1-3-11(4-2)13(6-7-14)18(15,16)10-9-17-8-5-12/h11,14H,3-10,12H2,1-2H3. The Morgan fingerprint density at radius 1 is 1.28 bits per heavy atom. The monoisotopic (exact) mass is 282 g/mol. The minimum Gasteiger partial charge on any atom is -0.395 e. The molecule has 0 saturated carbocycles. The number of hydrogen-bond acceptors (Lipinski definition) is 5. The Morgan fingerprint density at radius 3 is 2.33 bits per heavy atom. The molecule has 0 fully saturated rings. The van der Waals surface area contributed by atoms with Crippen molar-refractivity contribution in [1.29, 1.82) is 0 Å². The van der Waals surface area contributed by atoms with E-state index in [1.54, 1.807) is 0 Å². The Kier molecular flexibility index (Phi) is 9.57. The average molecular weight is 282 g/mol. The van der Waals surface area contributed by atoms with Crippen molar-refractivity contribution < 1.29 is 18.3 Å². The first-order chi connectivity index (χ1) is 8.53. The van der Waals surface area contributed by atoms with Crippen molar-refractivity contribution in [3.05, 3.63) is 0 Å². The summed E-state index contributed by atoms with van der Waals surface area (Å²) in [5.74, 6) is -0.0660. The van der Waals surface area contributed by atoms with Crippen molar-refractivity contribution in [3.8, 4) is 0 Å². The Balaban J connectivity index is 4.55. The molecule has 0 aliphatic carbocycles. The van der Waals surface area contributed by atoms with Gasteiger partial charge in [-0.15, -0.1) is 0 Å². The minimum atomic E-state index is -3.38. The first-order valence-electron chi connectivity index (χ1n) is 6.41. The molecule has 0 aliphatic heterocycles. The van der Waals surface area contributed by atoms with Crippen molar-refractivity contribution in [1.82, 2.24) is 4.31 Å². The third kappa shape index (κ3) is 6.10. The van der Waals surface area contributed by atoms with E-state index in [0.29, 0.717) is 13.2 Å². The smallest absolute Gasteiger partial charge is 0.216 e. The third-order valence-electron chi connectivity index (χ3n) is 2.78. The number of aliphatic hydroxyl groups is 1. The first kappa shape index (κ1) is 17.8. The summed E-state index contributed by atoms with van der Waals surface area (Å²) in [5, 5.41) is 9.00. The quantitative estimate of drug-likeness (QED) is 0.511. The Labute approximate surface area is 110 Å². The van der Waals surface area contributed by atoms with Crippen molar-refractivity contribution in [2.24, 2.45) is 5.73 Å². The van der Waals surface area contributed by atoms with Gasteiger partial charge in [0.15, 0.2) is 0 Å². The number of sulfonamides is 1. The molecule has 0 atom stereocenters. The highest BCUT2D eigenvalue weighted by molar-refractivity contribution is 7.89. The summed E-state index contributed by atoms with van der Waals surface area (Å²) in [6, 6.07) is -0.0586. The van der Waals surface area contributed by atoms with E-state index in [1.807, 2.05) is 13.8 Å². The second kappa shape index (κ2) is 9.69. The normalized spacial score (nSPS) is 12.6. The summed E-state index contributed by atoms with van der Waals surface area (Å²) >= 11 is 0. The zero-order valence-electron chi connectivity index (χ0n) is 11.3. The highest BCUT2D eigenvalue weighted by Gasteiger charge is 2.27. The second-order valence-electron chi connectivity index (χ2n) is 4.02. The molecule has 0 aromatic rings. The fourth-order valence-corrected chi connectivity index (χ4v) is 3.49. The third-order valence-corrected chi connectivity index (χ3v) is 4.65. The molecule has 110 valence electrons. The lowest BCUT2D eigenvalue weighted by Crippen LogP contribution is -2.43. The maximum atomic E-state index is 12.1. The van der Waals surface area contributed by atoms with Gasteiger partial charge in [0, 0.05) is 19.1 Å². The van der Waals surface area contributed by atoms with Gasteiger partial charge in [-0.25, -0.2) is 8.42 Å². The molecule has 6 nitrogen and oxygen atoms in total. The van der Waals surface area contributed by atoms with E-state index in [-0.39, 0.29) is 31.6 Å². The fraction of sp³-hybridized carbons (Fsp3) is 1.00. The maximum Gasteiger partial charge on any atom is 0.216 e. The van der Waals surface area contributed by atoms with Crippen LogP contribution in [0.3, 0.4) is 0 Å². The number of aliphatic hydroxyl groups excluding tert-OH is 1. The largest absolute Gasteiger partial charge is 0.395 e. The van der Waals surface area contributed by atoms with Crippen LogP contribution in [0.15, 0.2) is 0 Å². The van der Waals surface area contributed by atoms with Crippen LogP contribution in [0.2, 0.25) is 0 Å². The summed E-state index contributed by atoms with van der Waals surface area (Å²) < 4.78 is 30.8. The van der Waals surface area contributed by atoms with Gasteiger partial charge in [0.1, 0.15) is 0 Å². The fourth-order valence-electron chi connectivity index (χ4n) is 1.81. The molecular weight excluding hydrogens is 256 g/mol. The van der Waals surface area contributed by atoms with Gasteiger partial charge < -0.3 is 15.6 Å². The van der Waals surface area contributed by atoms with Gasteiger partial charge in [-0.1, -0.05) is 13.8 Å². The van der Waals surface area contributed by atoms with Crippen LogP contribution < -0.4 is 5.73 Å². The van der Waals surface area contributed by atoms with Crippen LogP contribution in [0.1, 0.15) is 26.7 Å². The zero-order chi connectivity index (χ0) is 14.0. The predicted molar refractivity (Wildman–Crippen MR) is 71.8 cm³/mol. The van der Waals surface area contributed by atoms with Gasteiger partial charge in [0.2, 0.25) is 10.0 Å². The number of hydrogen-bond donors (Lipinski definition) is 2. The second-order valence-corrected chi connectivity index (χ2v) is 6.06. The average Bonchev–Trinajstić information content (AvgIpc) is 2.35. The van der Waals surface area contributed by atoms with Crippen LogP contribution in [0.4, 0.5) is 0 Å². The van der Waals surface area contributed by atoms with Crippen LogP contribution in [0, 0.1) is 0 Å². The molecule has 0 spiro atoms. The SMILES string of the molecule is CCC(CC)N(CCO)S(=O)(=O)CCOCCN. The molecule has 0 saturated heterocycles. The van der Waals surface area contributed by atoms with E-state index in [0.717, 1.165) is 12.8 Å². The van der Waals surface area contributed by atoms with Crippen LogP contribution >= 0.6 is 0 Å². The Morgan fingerprint density at radius 2 is 1.89 bits per heavy atom. The lowest BCUT2D eigenvalue weighted by Gasteiger charge is -2.28. The molecule has 7 heteroatoms. The van der Waals surface area contributed by atoms with Crippen molar-refractivity contribution in [2.75, 3.05) is 38.7 Å². The van der Waals surface area contributed by atoms with E-state index in [4.69, 9.17) is 15.6 Å². The Hall–Kier alpha value is -0.210. The molecule has 0 aliphatic rings. The van der Waals surface area contributed by atoms with Crippen molar-refractivity contribution >= 4 is 10.0 Å². The van der Waals surface area contributed by atoms with Crippen LogP contribution in [0.25, 0.3) is 0 Å². The lowest BCUT2D eigenvalue weighted by molar-refractivity contribution is 0.154. The zero-order valence-corrected chi connectivity index (χ0v) is 12.2. The van der Waals surface area contributed by atoms with Crippen molar-refractivity contribution in [3.63, 3.8) is 0 Å². The molecule has 0 radical (unpaired) electrons. The van der Waals surface area contributed by atoms with Gasteiger partial charge in [0.25, 0.3) is 0 Å². The summed E-state index contributed by atoms with van der Waals surface area (Å²) in [5.41, 5.74) is 5.26. The Bertz CT molecular complexity index is 291. The summed E-state index contributed by atoms with van der Waals surface area (Å²) in [6.45, 7) is 4.75. The van der Waals surface area contributed by atoms with E-state index < -0.39 is 10.0 Å². The molecular formula is C11H26N2O4S. The van der Waals surface area contributed by atoms with Crippen molar-refractivity contribution in [2.45, 2.75) is 32.7 Å². The summed E-state index contributed by atoms with van der Waals surface area (Å²) in [6.07, 6.45) is 1.47. The molecule has 0 aromatic heterocycles. The molecule has 0 heterocycles. The van der Waals surface area contributed by atoms with Crippen LogP contribution in [-0.2, 0) is 14.8 Å². The summed E-state index contributed by atoms with van der Waals surface area (Å²) in [7, 11) is -3.38. The number of rotatable bonds is 11. The van der Waals surface area contributed by atoms with E-state index in [2.05, 4.69) is 0 Å². The molecule has 0 rings (SSSR count). The van der Waals surface area contributed by atoms with Gasteiger partial charge in [-0.3, -0.25) is 0 Å². The molecule has 0 amide bonds. The molecule has 18 heavy (non-hydrogen) atoms. The molecule has 0 bridgehead atoms. The molecule has 0 aromatic carbocycles. The number of nitrogens with two attached hydrogens (primary N) is 1. The van der Waals surface area contributed by atoms with E-state index in [1.165, 1.54) is 4.31 Å². The maximum absolute atomic E-state index is 12.1. The van der Waals surface area contributed by atoms with Gasteiger partial charge in [0.05, 0.1) is 25.6 Å². The lowest BCUT2D eigenvalue weighted by atomic mass is 10.2. The molecule has 0 unspecified atom stereocenters. The van der Waals surface area contributed by atoms with Crippen LogP contribution in [-0.4, -0.2) is 62.5 Å². The van der Waals surface area contributed by atoms with Gasteiger partial charge in [-0.05, 0) is 12.8 Å². The molecule has 3 N–H and O–H groups in total. The number of ether oxygens (including phenoxy) is 1. The van der Waals surface area contributed by atoms with Crippen LogP contribution in [0.5, 0.6) is 0 Å². The van der Waals surface area contributed by atoms with E-state index >= 15 is 0 Å². The van der Waals surface area contributed by atoms with Gasteiger partial charge in [-0.2, -0.15) is 4.31 Å². The highest BCUT2D eigenvalue weighted by Crippen LogP contribution is 2.13. The first-order valence-corrected chi connectivity index (χ1v) is 8.02. The minimum absolute atomic E-state index is 0.0586. The number of nitrogens with zero attached hydrogens (tertiary/aromatic N) is 1.